The van der Waals surface area contributed by atoms with Crippen LogP contribution in [0, 0.1) is 17.0 Å². The summed E-state index contributed by atoms with van der Waals surface area (Å²) in [6, 6.07) is 15.5. The lowest BCUT2D eigenvalue weighted by Gasteiger charge is -2.20. The molecule has 0 saturated carbocycles. The van der Waals surface area contributed by atoms with Crippen LogP contribution in [0.3, 0.4) is 0 Å². The molecule has 176 valence electrons. The highest BCUT2D eigenvalue weighted by Crippen LogP contribution is 2.35. The number of nitrogens with one attached hydrogen (secondary N) is 1. The van der Waals surface area contributed by atoms with Gasteiger partial charge in [-0.15, -0.1) is 0 Å². The van der Waals surface area contributed by atoms with Crippen LogP contribution in [-0.2, 0) is 21.2 Å². The van der Waals surface area contributed by atoms with Crippen LogP contribution >= 0.6 is 11.6 Å². The topological polar surface area (TPSA) is 119 Å². The second kappa shape index (κ2) is 9.32. The van der Waals surface area contributed by atoms with Crippen molar-refractivity contribution < 1.29 is 22.9 Å². The monoisotopic (exact) mass is 501 g/mol. The highest BCUT2D eigenvalue weighted by molar-refractivity contribution is 7.92. The maximum atomic E-state index is 13.2. The van der Waals surface area contributed by atoms with Gasteiger partial charge in [0.2, 0.25) is 0 Å². The van der Waals surface area contributed by atoms with E-state index < -0.39 is 27.5 Å². The number of sulfonamides is 1. The fourth-order valence-electron chi connectivity index (χ4n) is 3.63. The second-order valence-electron chi connectivity index (χ2n) is 7.64. The number of ether oxygens (including phenoxy) is 1. The summed E-state index contributed by atoms with van der Waals surface area (Å²) in [5.41, 5.74) is 2.40. The van der Waals surface area contributed by atoms with Crippen LogP contribution in [0.2, 0.25) is 5.02 Å². The van der Waals surface area contributed by atoms with Crippen LogP contribution < -0.4 is 14.4 Å². The second-order valence-corrected chi connectivity index (χ2v) is 9.91. The first kappa shape index (κ1) is 23.5. The number of carbonyl (C=O) groups is 1. The Bertz CT molecular complexity index is 1390. The normalized spacial score (nSPS) is 12.8. The van der Waals surface area contributed by atoms with Crippen molar-refractivity contribution >= 4 is 44.6 Å². The van der Waals surface area contributed by atoms with Crippen LogP contribution in [0.25, 0.3) is 0 Å². The number of nitro groups is 1. The van der Waals surface area contributed by atoms with E-state index in [1.165, 1.54) is 40.7 Å². The van der Waals surface area contributed by atoms with E-state index in [4.69, 9.17) is 16.3 Å². The standard InChI is InChI=1S/C23H20ClN3O6S/c1-15-6-7-17(27(29)30)12-20(15)25-23(28)14-33-22-9-8-18(13-19(22)24)34(31,32)26-11-10-16-4-2-3-5-21(16)26/h2-9,12-13H,10-11,14H2,1H3,(H,25,28). The van der Waals surface area contributed by atoms with Crippen molar-refractivity contribution in [2.45, 2.75) is 18.2 Å². The zero-order valence-electron chi connectivity index (χ0n) is 18.0. The molecule has 3 aromatic carbocycles. The van der Waals surface area contributed by atoms with E-state index in [1.54, 1.807) is 19.1 Å². The first-order chi connectivity index (χ1) is 16.2. The Morgan fingerprint density at radius 3 is 2.68 bits per heavy atom. The molecule has 4 rings (SSSR count). The highest BCUT2D eigenvalue weighted by atomic mass is 35.5. The smallest absolute Gasteiger partial charge is 0.271 e. The molecule has 1 amide bonds. The molecule has 11 heteroatoms. The summed E-state index contributed by atoms with van der Waals surface area (Å²) >= 11 is 6.25. The molecule has 0 aromatic heterocycles. The van der Waals surface area contributed by atoms with Gasteiger partial charge in [0.25, 0.3) is 21.6 Å². The molecule has 0 fully saturated rings. The minimum Gasteiger partial charge on any atom is -0.482 e. The van der Waals surface area contributed by atoms with Gasteiger partial charge in [0.15, 0.2) is 6.61 Å². The van der Waals surface area contributed by atoms with Crippen LogP contribution in [-0.4, -0.2) is 32.4 Å². The van der Waals surface area contributed by atoms with Crippen molar-refractivity contribution in [3.05, 3.63) is 86.9 Å². The van der Waals surface area contributed by atoms with E-state index in [-0.39, 0.29) is 21.4 Å². The molecule has 9 nitrogen and oxygen atoms in total. The van der Waals surface area contributed by atoms with Crippen molar-refractivity contribution in [3.63, 3.8) is 0 Å². The van der Waals surface area contributed by atoms with Gasteiger partial charge < -0.3 is 10.1 Å². The van der Waals surface area contributed by atoms with E-state index in [9.17, 15) is 23.3 Å². The Morgan fingerprint density at radius 1 is 1.18 bits per heavy atom. The van der Waals surface area contributed by atoms with Crippen molar-refractivity contribution in [1.29, 1.82) is 0 Å². The Labute approximate surface area is 201 Å². The molecule has 0 atom stereocenters. The third kappa shape index (κ3) is 4.68. The van der Waals surface area contributed by atoms with E-state index in [0.717, 1.165) is 5.56 Å². The van der Waals surface area contributed by atoms with Gasteiger partial charge in [-0.1, -0.05) is 35.9 Å². The number of non-ortho nitro benzene ring substituents is 1. The molecule has 0 saturated heterocycles. The minimum absolute atomic E-state index is 0.0122. The number of carbonyl (C=O) groups excluding carboxylic acids is 1. The highest BCUT2D eigenvalue weighted by Gasteiger charge is 2.31. The number of rotatable bonds is 7. The third-order valence-electron chi connectivity index (χ3n) is 5.40. The molecular formula is C23H20ClN3O6S. The van der Waals surface area contributed by atoms with Gasteiger partial charge in [0.05, 0.1) is 26.2 Å². The molecular weight excluding hydrogens is 482 g/mol. The Kier molecular flexibility index (Phi) is 6.45. The Morgan fingerprint density at radius 2 is 1.94 bits per heavy atom. The predicted molar refractivity (Wildman–Crippen MR) is 128 cm³/mol. The number of para-hydroxylation sites is 1. The van der Waals surface area contributed by atoms with Crippen molar-refractivity contribution in [3.8, 4) is 5.75 Å². The summed E-state index contributed by atoms with van der Waals surface area (Å²) < 4.78 is 33.1. The van der Waals surface area contributed by atoms with Gasteiger partial charge in [-0.05, 0) is 48.7 Å². The van der Waals surface area contributed by atoms with Crippen LogP contribution in [0.1, 0.15) is 11.1 Å². The lowest BCUT2D eigenvalue weighted by molar-refractivity contribution is -0.384. The molecule has 1 aliphatic heterocycles. The average Bonchev–Trinajstić information content (AvgIpc) is 3.24. The number of nitrogens with zero attached hydrogens (tertiary/aromatic N) is 2. The minimum atomic E-state index is -3.82. The van der Waals surface area contributed by atoms with E-state index in [1.807, 2.05) is 12.1 Å². The largest absolute Gasteiger partial charge is 0.482 e. The summed E-state index contributed by atoms with van der Waals surface area (Å²) in [5, 5.41) is 13.5. The number of amides is 1. The molecule has 1 N–H and O–H groups in total. The number of anilines is 2. The summed E-state index contributed by atoms with van der Waals surface area (Å²) in [6.45, 7) is 1.62. The van der Waals surface area contributed by atoms with Gasteiger partial charge in [-0.3, -0.25) is 19.2 Å². The van der Waals surface area contributed by atoms with E-state index in [2.05, 4.69) is 5.32 Å². The molecule has 0 aliphatic carbocycles. The van der Waals surface area contributed by atoms with Crippen molar-refractivity contribution in [1.82, 2.24) is 0 Å². The predicted octanol–water partition coefficient (Wildman–Crippen LogP) is 4.33. The molecule has 0 unspecified atom stereocenters. The summed E-state index contributed by atoms with van der Waals surface area (Å²) in [4.78, 5) is 22.7. The maximum absolute atomic E-state index is 13.2. The van der Waals surface area contributed by atoms with Crippen LogP contribution in [0.15, 0.2) is 65.6 Å². The molecule has 34 heavy (non-hydrogen) atoms. The van der Waals surface area contributed by atoms with Crippen molar-refractivity contribution in [2.75, 3.05) is 22.8 Å². The van der Waals surface area contributed by atoms with Gasteiger partial charge in [-0.2, -0.15) is 0 Å². The quantitative estimate of drug-likeness (QED) is 0.380. The number of aryl methyl sites for hydroxylation is 1. The van der Waals surface area contributed by atoms with Gasteiger partial charge in [0, 0.05) is 18.7 Å². The zero-order chi connectivity index (χ0) is 24.5. The third-order valence-corrected chi connectivity index (χ3v) is 7.51. The van der Waals surface area contributed by atoms with Gasteiger partial charge in [-0.25, -0.2) is 8.42 Å². The maximum Gasteiger partial charge on any atom is 0.271 e. The molecule has 1 heterocycles. The molecule has 0 bridgehead atoms. The molecule has 3 aromatic rings. The van der Waals surface area contributed by atoms with E-state index >= 15 is 0 Å². The number of hydrogen-bond donors (Lipinski definition) is 1. The number of benzene rings is 3. The number of nitro benzene ring substituents is 1. The molecule has 0 radical (unpaired) electrons. The fraction of sp³-hybridized carbons (Fsp3) is 0.174. The SMILES string of the molecule is Cc1ccc([N+](=O)[O-])cc1NC(=O)COc1ccc(S(=O)(=O)N2CCc3ccccc32)cc1Cl. The lowest BCUT2D eigenvalue weighted by Crippen LogP contribution is -2.29. The summed E-state index contributed by atoms with van der Waals surface area (Å²) in [6.07, 6.45) is 0.628. The zero-order valence-corrected chi connectivity index (χ0v) is 19.6. The van der Waals surface area contributed by atoms with Gasteiger partial charge >= 0.3 is 0 Å². The van der Waals surface area contributed by atoms with Gasteiger partial charge in [0.1, 0.15) is 5.75 Å². The number of halogens is 1. The summed E-state index contributed by atoms with van der Waals surface area (Å²) in [5.74, 6) is -0.418. The number of fused-ring (bicyclic) bond motifs is 1. The van der Waals surface area contributed by atoms with Crippen molar-refractivity contribution in [2.24, 2.45) is 0 Å². The first-order valence-electron chi connectivity index (χ1n) is 10.2. The fourth-order valence-corrected chi connectivity index (χ4v) is 5.46. The van der Waals surface area contributed by atoms with Crippen LogP contribution in [0.4, 0.5) is 17.1 Å². The molecule has 1 aliphatic rings. The average molecular weight is 502 g/mol. The first-order valence-corrected chi connectivity index (χ1v) is 12.1. The summed E-state index contributed by atoms with van der Waals surface area (Å²) in [7, 11) is -3.82. The Balaban J connectivity index is 1.45. The Hall–Kier alpha value is -3.63. The number of hydrogen-bond acceptors (Lipinski definition) is 6. The lowest BCUT2D eigenvalue weighted by atomic mass is 10.2. The molecule has 0 spiro atoms. The van der Waals surface area contributed by atoms with Crippen LogP contribution in [0.5, 0.6) is 5.75 Å². The van der Waals surface area contributed by atoms with E-state index in [0.29, 0.717) is 29.9 Å².